The molecule has 35 valence electrons. The number of halogens is 2. The van der Waals surface area contributed by atoms with E-state index in [1.165, 1.54) is 6.08 Å². The molecule has 0 aromatic heterocycles. The van der Waals surface area contributed by atoms with E-state index in [2.05, 4.69) is 22.9 Å². The van der Waals surface area contributed by atoms with Crippen molar-refractivity contribution in [2.45, 2.75) is 0 Å². The highest BCUT2D eigenvalue weighted by atomic mass is 79.9. The number of allylic oxidation sites excluding steroid dienone is 2. The first kappa shape index (κ1) is 6.15. The first-order chi connectivity index (χ1) is 2.77. The fourth-order valence-corrected chi connectivity index (χ4v) is 0.435. The van der Waals surface area contributed by atoms with Gasteiger partial charge in [0.05, 0.1) is 5.83 Å². The average molecular weight is 152 g/mol. The van der Waals surface area contributed by atoms with Crippen molar-refractivity contribution in [2.75, 3.05) is 5.33 Å². The summed E-state index contributed by atoms with van der Waals surface area (Å²) in [6, 6.07) is 0. The molecule has 0 bridgehead atoms. The summed E-state index contributed by atoms with van der Waals surface area (Å²) in [4.78, 5) is 0. The maximum atomic E-state index is 11.4. The van der Waals surface area contributed by atoms with Gasteiger partial charge in [-0.1, -0.05) is 15.9 Å². The van der Waals surface area contributed by atoms with Crippen LogP contribution >= 0.6 is 15.9 Å². The van der Waals surface area contributed by atoms with Gasteiger partial charge in [0.2, 0.25) is 0 Å². The lowest BCUT2D eigenvalue weighted by Crippen LogP contribution is -1.60. The van der Waals surface area contributed by atoms with Crippen LogP contribution in [-0.4, -0.2) is 5.33 Å². The Morgan fingerprint density at radius 2 is 2.50 bits per heavy atom. The Bertz CT molecular complexity index is 54.6. The van der Waals surface area contributed by atoms with Crippen LogP contribution in [0.2, 0.25) is 0 Å². The van der Waals surface area contributed by atoms with Crippen LogP contribution in [0, 0.1) is 6.92 Å². The Hall–Kier alpha value is 0.150. The zero-order chi connectivity index (χ0) is 4.99. The summed E-state index contributed by atoms with van der Waals surface area (Å²) in [7, 11) is 0. The van der Waals surface area contributed by atoms with E-state index < -0.39 is 0 Å². The quantitative estimate of drug-likeness (QED) is 0.504. The fraction of sp³-hybridized carbons (Fsp3) is 0.250. The van der Waals surface area contributed by atoms with E-state index in [0.717, 1.165) is 0 Å². The molecule has 0 nitrogen and oxygen atoms in total. The standard InChI is InChI=1S/C4H5BrF/c1-4(6)2-3-5/h2H,1,3H2. The molecule has 0 unspecified atom stereocenters. The van der Waals surface area contributed by atoms with Gasteiger partial charge in [-0.3, -0.25) is 0 Å². The van der Waals surface area contributed by atoms with Crippen LogP contribution < -0.4 is 0 Å². The third-order valence-electron chi connectivity index (χ3n) is 0.299. The Labute approximate surface area is 45.2 Å². The molecule has 0 aromatic rings. The number of alkyl halides is 1. The fourth-order valence-electron chi connectivity index (χ4n) is 0.0837. The molecule has 0 aliphatic rings. The lowest BCUT2D eigenvalue weighted by atomic mass is 10.6. The second kappa shape index (κ2) is 3.34. The van der Waals surface area contributed by atoms with E-state index in [1.807, 2.05) is 0 Å². The molecule has 0 amide bonds. The van der Waals surface area contributed by atoms with Gasteiger partial charge < -0.3 is 0 Å². The van der Waals surface area contributed by atoms with Crippen molar-refractivity contribution in [3.63, 3.8) is 0 Å². The molecule has 0 aromatic carbocycles. The predicted molar refractivity (Wildman–Crippen MR) is 28.3 cm³/mol. The Morgan fingerprint density at radius 1 is 2.00 bits per heavy atom. The first-order valence-electron chi connectivity index (χ1n) is 1.51. The van der Waals surface area contributed by atoms with Crippen molar-refractivity contribution in [1.29, 1.82) is 0 Å². The molecule has 0 spiro atoms. The zero-order valence-corrected chi connectivity index (χ0v) is 4.83. The maximum absolute atomic E-state index is 11.4. The van der Waals surface area contributed by atoms with Crippen LogP contribution in [0.5, 0.6) is 0 Å². The van der Waals surface area contributed by atoms with Crippen molar-refractivity contribution in [2.24, 2.45) is 0 Å². The summed E-state index contributed by atoms with van der Waals surface area (Å²) >= 11 is 2.99. The second-order valence-electron chi connectivity index (χ2n) is 0.805. The van der Waals surface area contributed by atoms with Crippen LogP contribution in [0.1, 0.15) is 0 Å². The summed E-state index contributed by atoms with van der Waals surface area (Å²) in [6.45, 7) is 2.99. The average Bonchev–Trinajstić information content (AvgIpc) is 1.35. The minimum Gasteiger partial charge on any atom is -0.212 e. The molecule has 1 radical (unpaired) electrons. The highest BCUT2D eigenvalue weighted by Gasteiger charge is 1.74. The molecule has 0 N–H and O–H groups in total. The smallest absolute Gasteiger partial charge is 0.0972 e. The predicted octanol–water partition coefficient (Wildman–Crippen LogP) is 2.07. The summed E-state index contributed by atoms with van der Waals surface area (Å²) < 4.78 is 11.4. The normalized spacial score (nSPS) is 12.2. The molecule has 0 fully saturated rings. The van der Waals surface area contributed by atoms with E-state index >= 15 is 0 Å². The topological polar surface area (TPSA) is 0 Å². The van der Waals surface area contributed by atoms with Gasteiger partial charge in [0.25, 0.3) is 0 Å². The van der Waals surface area contributed by atoms with Crippen LogP contribution in [0.4, 0.5) is 4.39 Å². The lowest BCUT2D eigenvalue weighted by Gasteiger charge is -1.74. The van der Waals surface area contributed by atoms with E-state index in [1.54, 1.807) is 0 Å². The molecule has 0 saturated carbocycles. The Kier molecular flexibility index (Phi) is 3.43. The molecule has 0 rings (SSSR count). The SMILES string of the molecule is [CH2]C(F)=CCBr. The van der Waals surface area contributed by atoms with Gasteiger partial charge in [0, 0.05) is 12.3 Å². The van der Waals surface area contributed by atoms with Crippen LogP contribution in [-0.2, 0) is 0 Å². The van der Waals surface area contributed by atoms with E-state index in [-0.39, 0.29) is 5.83 Å². The van der Waals surface area contributed by atoms with Crippen LogP contribution in [0.25, 0.3) is 0 Å². The number of hydrogen-bond acceptors (Lipinski definition) is 0. The third kappa shape index (κ3) is 4.15. The third-order valence-corrected chi connectivity index (χ3v) is 0.622. The molecular formula is C4H5BrF. The van der Waals surface area contributed by atoms with Gasteiger partial charge in [-0.25, -0.2) is 4.39 Å². The highest BCUT2D eigenvalue weighted by molar-refractivity contribution is 9.09. The first-order valence-corrected chi connectivity index (χ1v) is 2.63. The van der Waals surface area contributed by atoms with Gasteiger partial charge in [-0.15, -0.1) is 0 Å². The monoisotopic (exact) mass is 151 g/mol. The van der Waals surface area contributed by atoms with E-state index in [4.69, 9.17) is 0 Å². The molecule has 2 heteroatoms. The number of rotatable bonds is 1. The molecule has 6 heavy (non-hydrogen) atoms. The van der Waals surface area contributed by atoms with Gasteiger partial charge in [-0.2, -0.15) is 0 Å². The van der Waals surface area contributed by atoms with Crippen molar-refractivity contribution >= 4 is 15.9 Å². The summed E-state index contributed by atoms with van der Waals surface area (Å²) in [5.74, 6) is -0.383. The molecule has 0 aliphatic heterocycles. The Balaban J connectivity index is 3.14. The summed E-state index contributed by atoms with van der Waals surface area (Å²) in [5.41, 5.74) is 0. The molecular weight excluding hydrogens is 147 g/mol. The lowest BCUT2D eigenvalue weighted by molar-refractivity contribution is 0.664. The van der Waals surface area contributed by atoms with E-state index in [0.29, 0.717) is 5.33 Å². The highest BCUT2D eigenvalue weighted by Crippen LogP contribution is 1.92. The van der Waals surface area contributed by atoms with Crippen LogP contribution in [0.15, 0.2) is 11.9 Å². The van der Waals surface area contributed by atoms with Crippen molar-refractivity contribution in [1.82, 2.24) is 0 Å². The maximum Gasteiger partial charge on any atom is 0.0972 e. The molecule has 0 aliphatic carbocycles. The molecule has 0 heterocycles. The van der Waals surface area contributed by atoms with Gasteiger partial charge in [-0.05, 0) is 6.08 Å². The van der Waals surface area contributed by atoms with Crippen LogP contribution in [0.3, 0.4) is 0 Å². The number of hydrogen-bond donors (Lipinski definition) is 0. The van der Waals surface area contributed by atoms with Crippen molar-refractivity contribution in [3.05, 3.63) is 18.8 Å². The zero-order valence-electron chi connectivity index (χ0n) is 3.25. The van der Waals surface area contributed by atoms with Gasteiger partial charge in [0.15, 0.2) is 0 Å². The summed E-state index contributed by atoms with van der Waals surface area (Å²) in [6.07, 6.45) is 1.35. The Morgan fingerprint density at radius 3 is 2.50 bits per heavy atom. The van der Waals surface area contributed by atoms with Gasteiger partial charge >= 0.3 is 0 Å². The molecule has 0 atom stereocenters. The molecule has 0 saturated heterocycles. The van der Waals surface area contributed by atoms with Crippen molar-refractivity contribution < 1.29 is 4.39 Å². The van der Waals surface area contributed by atoms with Crippen molar-refractivity contribution in [3.8, 4) is 0 Å². The minimum absolute atomic E-state index is 0.383. The minimum atomic E-state index is -0.383. The van der Waals surface area contributed by atoms with E-state index in [9.17, 15) is 4.39 Å². The largest absolute Gasteiger partial charge is 0.212 e. The second-order valence-corrected chi connectivity index (χ2v) is 1.45. The summed E-state index contributed by atoms with van der Waals surface area (Å²) in [5, 5.41) is 0.544. The van der Waals surface area contributed by atoms with Gasteiger partial charge in [0.1, 0.15) is 0 Å².